The lowest BCUT2D eigenvalue weighted by atomic mass is 9.74. The lowest BCUT2D eigenvalue weighted by molar-refractivity contribution is 0.0281. The maximum Gasteiger partial charge on any atom is 0.0926 e. The van der Waals surface area contributed by atoms with Crippen LogP contribution in [0.25, 0.3) is 11.3 Å². The van der Waals surface area contributed by atoms with Gasteiger partial charge in [0.2, 0.25) is 0 Å². The van der Waals surface area contributed by atoms with Gasteiger partial charge in [-0.1, -0.05) is 36.4 Å². The van der Waals surface area contributed by atoms with E-state index in [4.69, 9.17) is 5.10 Å². The number of hydrogen-bond donors (Lipinski definition) is 1. The average Bonchev–Trinajstić information content (AvgIpc) is 3.17. The quantitative estimate of drug-likeness (QED) is 0.704. The molecule has 3 fully saturated rings. The van der Waals surface area contributed by atoms with Crippen LogP contribution >= 0.6 is 0 Å². The van der Waals surface area contributed by atoms with E-state index < -0.39 is 0 Å². The molecule has 1 aromatic carbocycles. The minimum atomic E-state index is 0.589. The molecule has 6 rings (SSSR count). The molecule has 3 aromatic rings. The van der Waals surface area contributed by atoms with Crippen molar-refractivity contribution in [2.75, 3.05) is 19.6 Å². The number of nitrogens with one attached hydrogen (secondary N) is 1. The maximum atomic E-state index is 4.82. The van der Waals surface area contributed by atoms with Crippen LogP contribution in [0.4, 0.5) is 0 Å². The van der Waals surface area contributed by atoms with Gasteiger partial charge in [0.05, 0.1) is 11.4 Å². The van der Waals surface area contributed by atoms with E-state index in [1.807, 2.05) is 12.3 Å². The fourth-order valence-corrected chi connectivity index (χ4v) is 5.13. The van der Waals surface area contributed by atoms with E-state index >= 15 is 0 Å². The molecule has 0 spiro atoms. The molecule has 3 aliphatic heterocycles. The van der Waals surface area contributed by atoms with Crippen molar-refractivity contribution in [3.63, 3.8) is 0 Å². The van der Waals surface area contributed by atoms with Gasteiger partial charge in [0.25, 0.3) is 0 Å². The van der Waals surface area contributed by atoms with Crippen molar-refractivity contribution in [2.45, 2.75) is 31.3 Å². The van der Waals surface area contributed by atoms with Crippen LogP contribution < -0.4 is 5.32 Å². The summed E-state index contributed by atoms with van der Waals surface area (Å²) >= 11 is 0. The van der Waals surface area contributed by atoms with Crippen LogP contribution in [0.1, 0.15) is 30.1 Å². The second-order valence-corrected chi connectivity index (χ2v) is 8.44. The lowest BCUT2D eigenvalue weighted by Crippen LogP contribution is -2.55. The highest BCUT2D eigenvalue weighted by Gasteiger charge is 2.41. The molecule has 3 saturated heterocycles. The van der Waals surface area contributed by atoms with Gasteiger partial charge in [0.15, 0.2) is 0 Å². The van der Waals surface area contributed by atoms with Gasteiger partial charge >= 0.3 is 0 Å². The predicted molar refractivity (Wildman–Crippen MR) is 115 cm³/mol. The first-order valence-corrected chi connectivity index (χ1v) is 10.7. The average molecular weight is 388 g/mol. The normalized spacial score (nSPS) is 26.0. The maximum absolute atomic E-state index is 4.82. The molecule has 3 aliphatic rings. The largest absolute Gasteiger partial charge is 0.310 e. The molecule has 0 amide bonds. The molecule has 0 radical (unpaired) electrons. The van der Waals surface area contributed by atoms with Crippen LogP contribution in [0, 0.1) is 5.92 Å². The lowest BCUT2D eigenvalue weighted by Gasteiger charge is -2.50. The minimum absolute atomic E-state index is 0.589. The van der Waals surface area contributed by atoms with Crippen molar-refractivity contribution in [1.29, 1.82) is 0 Å². The summed E-state index contributed by atoms with van der Waals surface area (Å²) in [7, 11) is 2.10. The Morgan fingerprint density at radius 2 is 1.97 bits per heavy atom. The second kappa shape index (κ2) is 8.09. The van der Waals surface area contributed by atoms with Crippen LogP contribution in [-0.2, 0) is 13.6 Å². The zero-order valence-corrected chi connectivity index (χ0v) is 17.0. The predicted octanol–water partition coefficient (Wildman–Crippen LogP) is 3.45. The van der Waals surface area contributed by atoms with Gasteiger partial charge in [-0.2, -0.15) is 5.10 Å². The summed E-state index contributed by atoms with van der Waals surface area (Å²) in [6.07, 6.45) is 4.43. The third kappa shape index (κ3) is 3.85. The highest BCUT2D eigenvalue weighted by atomic mass is 15.3. The number of aromatic nitrogens is 3. The third-order valence-corrected chi connectivity index (χ3v) is 6.66. The van der Waals surface area contributed by atoms with Crippen molar-refractivity contribution >= 4 is 0 Å². The molecule has 150 valence electrons. The SMILES string of the molecule is Cn1nc(-c2ccccc2)cc1[C@@H]1CN2CC[C@H]1C[C@@H]2CNCc1ccccn1. The number of pyridine rings is 1. The summed E-state index contributed by atoms with van der Waals surface area (Å²) in [5.74, 6) is 1.34. The first kappa shape index (κ1) is 18.5. The summed E-state index contributed by atoms with van der Waals surface area (Å²) < 4.78 is 2.11. The number of piperidine rings is 3. The second-order valence-electron chi connectivity index (χ2n) is 8.44. The van der Waals surface area contributed by atoms with Gasteiger partial charge in [0, 0.05) is 56.1 Å². The fraction of sp³-hybridized carbons (Fsp3) is 0.417. The number of rotatable bonds is 6. The summed E-state index contributed by atoms with van der Waals surface area (Å²) in [6, 6.07) is 19.6. The van der Waals surface area contributed by atoms with E-state index in [0.717, 1.165) is 36.9 Å². The zero-order chi connectivity index (χ0) is 19.6. The van der Waals surface area contributed by atoms with Gasteiger partial charge in [-0.05, 0) is 43.5 Å². The molecule has 1 unspecified atom stereocenters. The molecule has 1 N–H and O–H groups in total. The zero-order valence-electron chi connectivity index (χ0n) is 17.0. The summed E-state index contributed by atoms with van der Waals surface area (Å²) in [6.45, 7) is 4.26. The summed E-state index contributed by atoms with van der Waals surface area (Å²) in [4.78, 5) is 7.10. The van der Waals surface area contributed by atoms with Gasteiger partial charge in [-0.15, -0.1) is 0 Å². The van der Waals surface area contributed by atoms with Gasteiger partial charge < -0.3 is 5.32 Å². The summed E-state index contributed by atoms with van der Waals surface area (Å²) in [5.41, 5.74) is 4.79. The highest BCUT2D eigenvalue weighted by molar-refractivity contribution is 5.59. The molecular weight excluding hydrogens is 358 g/mol. The Bertz CT molecular complexity index is 936. The molecule has 5 heteroatoms. The topological polar surface area (TPSA) is 46.0 Å². The van der Waals surface area contributed by atoms with E-state index in [0.29, 0.717) is 12.0 Å². The monoisotopic (exact) mass is 387 g/mol. The first-order chi connectivity index (χ1) is 14.3. The number of benzene rings is 1. The minimum Gasteiger partial charge on any atom is -0.310 e. The molecule has 5 heterocycles. The molecule has 5 nitrogen and oxygen atoms in total. The van der Waals surface area contributed by atoms with E-state index in [1.54, 1.807) is 0 Å². The smallest absolute Gasteiger partial charge is 0.0926 e. The van der Waals surface area contributed by atoms with Crippen LogP contribution in [-0.4, -0.2) is 45.3 Å². The molecule has 2 aromatic heterocycles. The van der Waals surface area contributed by atoms with Crippen molar-refractivity contribution in [3.8, 4) is 11.3 Å². The molecule has 0 saturated carbocycles. The van der Waals surface area contributed by atoms with Crippen LogP contribution in [0.2, 0.25) is 0 Å². The van der Waals surface area contributed by atoms with E-state index in [-0.39, 0.29) is 0 Å². The van der Waals surface area contributed by atoms with Crippen molar-refractivity contribution < 1.29 is 0 Å². The molecule has 2 bridgehead atoms. The van der Waals surface area contributed by atoms with Gasteiger partial charge in [-0.3, -0.25) is 14.6 Å². The number of nitrogens with zero attached hydrogens (tertiary/aromatic N) is 4. The molecule has 4 atom stereocenters. The van der Waals surface area contributed by atoms with Gasteiger partial charge in [0.1, 0.15) is 0 Å². The Kier molecular flexibility index (Phi) is 5.17. The Hall–Kier alpha value is -2.50. The Balaban J connectivity index is 1.24. The van der Waals surface area contributed by atoms with Crippen molar-refractivity contribution in [1.82, 2.24) is 25.0 Å². The van der Waals surface area contributed by atoms with Crippen molar-refractivity contribution in [3.05, 3.63) is 72.2 Å². The standard InChI is InChI=1S/C24H29N5/c1-28-24(14-23(27-28)18-7-3-2-4-8-18)22-17-29-12-10-19(22)13-21(29)16-25-15-20-9-5-6-11-26-20/h2-9,11,14,19,21-22,25H,10,12-13,15-17H2,1H3/t19-,21+,22+/m0/s1. The number of aryl methyl sites for hydroxylation is 1. The van der Waals surface area contributed by atoms with Crippen LogP contribution in [0.3, 0.4) is 0 Å². The Morgan fingerprint density at radius 3 is 2.72 bits per heavy atom. The van der Waals surface area contributed by atoms with E-state index in [1.165, 1.54) is 30.6 Å². The Labute approximate surface area is 172 Å². The highest BCUT2D eigenvalue weighted by Crippen LogP contribution is 2.42. The Morgan fingerprint density at radius 1 is 1.10 bits per heavy atom. The third-order valence-electron chi connectivity index (χ3n) is 6.66. The van der Waals surface area contributed by atoms with Gasteiger partial charge in [-0.25, -0.2) is 0 Å². The van der Waals surface area contributed by atoms with Crippen molar-refractivity contribution in [2.24, 2.45) is 13.0 Å². The summed E-state index contributed by atoms with van der Waals surface area (Å²) in [5, 5.41) is 8.45. The van der Waals surface area contributed by atoms with E-state index in [9.17, 15) is 0 Å². The molecular formula is C24H29N5. The molecule has 0 aliphatic carbocycles. The first-order valence-electron chi connectivity index (χ1n) is 10.7. The van der Waals surface area contributed by atoms with Crippen LogP contribution in [0.15, 0.2) is 60.8 Å². The molecule has 29 heavy (non-hydrogen) atoms. The number of fused-ring (bicyclic) bond motifs is 3. The number of hydrogen-bond acceptors (Lipinski definition) is 4. The van der Waals surface area contributed by atoms with E-state index in [2.05, 4.69) is 75.5 Å². The fourth-order valence-electron chi connectivity index (χ4n) is 5.13. The van der Waals surface area contributed by atoms with Crippen LogP contribution in [0.5, 0.6) is 0 Å².